The first-order valence-electron chi connectivity index (χ1n) is 9.31. The largest absolute Gasteiger partial charge is 0.417 e. The zero-order valence-corrected chi connectivity index (χ0v) is 21.7. The fourth-order valence-corrected chi connectivity index (χ4v) is 6.65. The maximum absolute atomic E-state index is 13.8. The number of carbonyl (C=O) groups is 2. The first-order valence-corrected chi connectivity index (χ1v) is 12.5. The summed E-state index contributed by atoms with van der Waals surface area (Å²) in [4.78, 5) is 27.2. The molecule has 0 saturated carbocycles. The maximum Gasteiger partial charge on any atom is 0.417 e. The summed E-state index contributed by atoms with van der Waals surface area (Å²) in [5, 5.41) is -2.55. The van der Waals surface area contributed by atoms with Crippen molar-refractivity contribution < 1.29 is 35.9 Å². The van der Waals surface area contributed by atoms with Gasteiger partial charge < -0.3 is 0 Å². The van der Waals surface area contributed by atoms with Crippen molar-refractivity contribution in [2.24, 2.45) is 0 Å². The first-order chi connectivity index (χ1) is 16.6. The summed E-state index contributed by atoms with van der Waals surface area (Å²) >= 11 is 30.1. The Morgan fingerprint density at radius 3 is 1.36 bits per heavy atom. The average molecular weight is 627 g/mol. The Morgan fingerprint density at radius 1 is 0.556 bits per heavy atom. The summed E-state index contributed by atoms with van der Waals surface area (Å²) in [6, 6.07) is 7.71. The van der Waals surface area contributed by atoms with Gasteiger partial charge in [0, 0.05) is 5.56 Å². The van der Waals surface area contributed by atoms with Crippen LogP contribution < -0.4 is 5.30 Å². The average Bonchev–Trinajstić information content (AvgIpc) is 2.80. The Hall–Kier alpha value is -1.54. The van der Waals surface area contributed by atoms with Gasteiger partial charge in [0.15, 0.2) is 11.0 Å². The van der Waals surface area contributed by atoms with Gasteiger partial charge in [-0.2, -0.15) is 26.3 Å². The highest BCUT2D eigenvalue weighted by molar-refractivity contribution is 7.96. The normalized spacial score (nSPS) is 13.0. The molecule has 1 unspecified atom stereocenters. The number of alkyl halides is 6. The van der Waals surface area contributed by atoms with E-state index in [-0.39, 0.29) is 10.3 Å². The van der Waals surface area contributed by atoms with Crippen molar-refractivity contribution in [3.63, 3.8) is 0 Å². The topological polar surface area (TPSA) is 34.1 Å². The van der Waals surface area contributed by atoms with E-state index in [1.54, 1.807) is 0 Å². The van der Waals surface area contributed by atoms with E-state index in [2.05, 4.69) is 0 Å². The Balaban J connectivity index is 2.38. The predicted molar refractivity (Wildman–Crippen MR) is 130 cm³/mol. The molecule has 3 rings (SSSR count). The molecule has 0 saturated heterocycles. The van der Waals surface area contributed by atoms with Gasteiger partial charge in [0.05, 0.1) is 49.7 Å². The Labute approximate surface area is 225 Å². The highest BCUT2D eigenvalue weighted by atomic mass is 35.5. The fourth-order valence-electron chi connectivity index (χ4n) is 3.18. The van der Waals surface area contributed by atoms with Crippen LogP contribution >= 0.6 is 65.9 Å². The molecule has 0 heterocycles. The Kier molecular flexibility index (Phi) is 8.61. The summed E-state index contributed by atoms with van der Waals surface area (Å²) in [5.41, 5.74) is -9.10. The molecule has 0 spiro atoms. The minimum atomic E-state index is -5.35. The zero-order chi connectivity index (χ0) is 27.2. The van der Waals surface area contributed by atoms with Gasteiger partial charge in [0.2, 0.25) is 0 Å². The van der Waals surface area contributed by atoms with Gasteiger partial charge in [-0.25, -0.2) is 0 Å². The van der Waals surface area contributed by atoms with Crippen molar-refractivity contribution in [2.45, 2.75) is 12.4 Å². The Morgan fingerprint density at radius 2 is 0.944 bits per heavy atom. The van der Waals surface area contributed by atoms with Gasteiger partial charge in [-0.3, -0.25) is 9.59 Å². The van der Waals surface area contributed by atoms with E-state index in [1.165, 1.54) is 30.3 Å². The van der Waals surface area contributed by atoms with Crippen LogP contribution in [0.25, 0.3) is 0 Å². The van der Waals surface area contributed by atoms with Crippen molar-refractivity contribution >= 4 is 82.3 Å². The van der Waals surface area contributed by atoms with Crippen LogP contribution in [0.15, 0.2) is 48.5 Å². The molecule has 0 aliphatic carbocycles. The molecular formula is C22H8Cl5F6O2P. The monoisotopic (exact) mass is 624 g/mol. The lowest BCUT2D eigenvalue weighted by atomic mass is 10.0. The third kappa shape index (κ3) is 5.50. The van der Waals surface area contributed by atoms with E-state index in [0.29, 0.717) is 18.2 Å². The molecule has 0 fully saturated rings. The van der Waals surface area contributed by atoms with E-state index < -0.39 is 73.7 Å². The number of halogens is 11. The molecule has 0 amide bonds. The smallest absolute Gasteiger partial charge is 0.288 e. The second kappa shape index (κ2) is 10.7. The van der Waals surface area contributed by atoms with Crippen LogP contribution in [0.1, 0.15) is 31.8 Å². The van der Waals surface area contributed by atoms with E-state index in [4.69, 9.17) is 58.0 Å². The number of hydrogen-bond donors (Lipinski definition) is 0. The van der Waals surface area contributed by atoms with Crippen molar-refractivity contribution in [2.75, 3.05) is 0 Å². The summed E-state index contributed by atoms with van der Waals surface area (Å²) in [6.07, 6.45) is -10.7. The van der Waals surface area contributed by atoms with E-state index >= 15 is 0 Å². The molecule has 3 aromatic carbocycles. The van der Waals surface area contributed by atoms with E-state index in [9.17, 15) is 35.9 Å². The number of hydrogen-bond acceptors (Lipinski definition) is 2. The molecule has 14 heteroatoms. The van der Waals surface area contributed by atoms with Crippen molar-refractivity contribution in [3.8, 4) is 0 Å². The van der Waals surface area contributed by atoms with Gasteiger partial charge in [-0.1, -0.05) is 94.4 Å². The van der Waals surface area contributed by atoms with Crippen LogP contribution in [0.2, 0.25) is 25.1 Å². The molecule has 190 valence electrons. The number of benzene rings is 3. The minimum Gasteiger partial charge on any atom is -0.288 e. The molecule has 1 atom stereocenters. The fraction of sp³-hybridized carbons (Fsp3) is 0.0909. The second-order valence-corrected chi connectivity index (χ2v) is 10.8. The first kappa shape index (κ1) is 29.0. The molecule has 0 aliphatic heterocycles. The molecule has 0 bridgehead atoms. The maximum atomic E-state index is 13.8. The van der Waals surface area contributed by atoms with Crippen LogP contribution in [0.3, 0.4) is 0 Å². The molecule has 0 radical (unpaired) electrons. The summed E-state index contributed by atoms with van der Waals surface area (Å²) < 4.78 is 82.5. The van der Waals surface area contributed by atoms with Gasteiger partial charge in [0.25, 0.3) is 0 Å². The highest BCUT2D eigenvalue weighted by Gasteiger charge is 2.46. The van der Waals surface area contributed by atoms with Crippen LogP contribution in [0.4, 0.5) is 26.3 Å². The van der Waals surface area contributed by atoms with Crippen LogP contribution in [-0.4, -0.2) is 11.0 Å². The summed E-state index contributed by atoms with van der Waals surface area (Å²) in [6.45, 7) is 0. The second-order valence-electron chi connectivity index (χ2n) is 6.95. The third-order valence-corrected chi connectivity index (χ3v) is 9.08. The molecule has 0 N–H and O–H groups in total. The molecule has 2 nitrogen and oxygen atoms in total. The Bertz CT molecular complexity index is 1300. The van der Waals surface area contributed by atoms with Crippen LogP contribution in [0.5, 0.6) is 0 Å². The van der Waals surface area contributed by atoms with Crippen molar-refractivity contribution in [3.05, 3.63) is 95.9 Å². The lowest BCUT2D eigenvalue weighted by molar-refractivity contribution is -0.143. The standard InChI is InChI=1S/C22H8Cl5F6O2P/c23-14-13(15(24)17(26)18(27)16(14)25)20(35)36(9-5-2-1-3-6-9)19(34)12-10(21(28,29)30)7-4-8-11(12)22(31,32)33/h1-8H. The van der Waals surface area contributed by atoms with Crippen molar-refractivity contribution in [1.29, 1.82) is 0 Å². The SMILES string of the molecule is O=C(c1c(C(F)(F)F)cccc1C(F)(F)F)P(C(=O)c1c(Cl)c(Cl)c(Cl)c(Cl)c1Cl)c1ccccc1. The minimum absolute atomic E-state index is 0.165. The molecule has 36 heavy (non-hydrogen) atoms. The van der Waals surface area contributed by atoms with Crippen molar-refractivity contribution in [1.82, 2.24) is 0 Å². The highest BCUT2D eigenvalue weighted by Crippen LogP contribution is 2.52. The van der Waals surface area contributed by atoms with Crippen LogP contribution in [0, 0.1) is 0 Å². The number of rotatable bonds is 5. The molecule has 0 aromatic heterocycles. The number of carbonyl (C=O) groups excluding carboxylic acids is 2. The quantitative estimate of drug-likeness (QED) is 0.122. The lowest BCUT2D eigenvalue weighted by Crippen LogP contribution is -2.24. The van der Waals surface area contributed by atoms with Crippen LogP contribution in [-0.2, 0) is 12.4 Å². The summed E-state index contributed by atoms with van der Waals surface area (Å²) in [5.74, 6) is 0. The molecular weight excluding hydrogens is 618 g/mol. The summed E-state index contributed by atoms with van der Waals surface area (Å²) in [7, 11) is -3.13. The third-order valence-electron chi connectivity index (χ3n) is 4.73. The van der Waals surface area contributed by atoms with E-state index in [1.807, 2.05) is 0 Å². The predicted octanol–water partition coefficient (Wildman–Crippen LogP) is 9.78. The molecule has 3 aromatic rings. The zero-order valence-electron chi connectivity index (χ0n) is 17.0. The van der Waals surface area contributed by atoms with Gasteiger partial charge in [0.1, 0.15) is 0 Å². The lowest BCUT2D eigenvalue weighted by Gasteiger charge is -2.23. The van der Waals surface area contributed by atoms with Gasteiger partial charge >= 0.3 is 12.4 Å². The van der Waals surface area contributed by atoms with Gasteiger partial charge in [-0.05, 0) is 17.4 Å². The molecule has 0 aliphatic rings. The van der Waals surface area contributed by atoms with E-state index in [0.717, 1.165) is 0 Å². The van der Waals surface area contributed by atoms with Gasteiger partial charge in [-0.15, -0.1) is 0 Å².